The molecular weight excluding hydrogens is 265 g/mol. The van der Waals surface area contributed by atoms with Crippen LogP contribution in [0.3, 0.4) is 0 Å². The van der Waals surface area contributed by atoms with Gasteiger partial charge in [0.1, 0.15) is 11.0 Å². The minimum atomic E-state index is -1.08. The van der Waals surface area contributed by atoms with Gasteiger partial charge < -0.3 is 9.31 Å². The van der Waals surface area contributed by atoms with Gasteiger partial charge in [0.05, 0.1) is 13.1 Å². The van der Waals surface area contributed by atoms with Gasteiger partial charge in [0.15, 0.2) is 0 Å². The summed E-state index contributed by atoms with van der Waals surface area (Å²) in [6.07, 6.45) is 0. The minimum absolute atomic E-state index is 0.0271. The fraction of sp³-hybridized carbons (Fsp3) is 0.273. The van der Waals surface area contributed by atoms with Gasteiger partial charge in [-0.2, -0.15) is 0 Å². The second-order valence-electron chi connectivity index (χ2n) is 4.50. The molecule has 0 bridgehead atoms. The Balaban J connectivity index is 1.89. The van der Waals surface area contributed by atoms with E-state index in [9.17, 15) is 9.59 Å². The topological polar surface area (TPSA) is 94.8 Å². The molecule has 0 atom stereocenters. The van der Waals surface area contributed by atoms with Crippen LogP contribution in [0.5, 0.6) is 0 Å². The van der Waals surface area contributed by atoms with E-state index in [0.29, 0.717) is 16.5 Å². The minimum Gasteiger partial charge on any atom is -0.494 e. The van der Waals surface area contributed by atoms with E-state index in [-0.39, 0.29) is 13.1 Å². The second-order valence-corrected chi connectivity index (χ2v) is 4.50. The van der Waals surface area contributed by atoms with Gasteiger partial charge in [0, 0.05) is 5.46 Å². The SMILES string of the molecule is CN1CC(=O)OB(c2ccc3nonc3c2)OC(=O)C1. The van der Waals surface area contributed by atoms with E-state index in [1.807, 2.05) is 0 Å². The summed E-state index contributed by atoms with van der Waals surface area (Å²) in [5, 5.41) is 7.36. The van der Waals surface area contributed by atoms with Crippen LogP contribution in [0.1, 0.15) is 0 Å². The van der Waals surface area contributed by atoms with Gasteiger partial charge in [-0.15, -0.1) is 0 Å². The maximum Gasteiger partial charge on any atom is 0.636 e. The third kappa shape index (κ3) is 2.48. The molecule has 0 radical (unpaired) electrons. The lowest BCUT2D eigenvalue weighted by Crippen LogP contribution is -2.47. The second kappa shape index (κ2) is 4.93. The molecular formula is C11H10BN3O5. The van der Waals surface area contributed by atoms with E-state index in [4.69, 9.17) is 9.31 Å². The van der Waals surface area contributed by atoms with E-state index in [1.165, 1.54) is 4.90 Å². The Hall–Kier alpha value is -2.42. The molecule has 1 aromatic carbocycles. The summed E-state index contributed by atoms with van der Waals surface area (Å²) < 4.78 is 14.9. The summed E-state index contributed by atoms with van der Waals surface area (Å²) in [6, 6.07) is 4.89. The van der Waals surface area contributed by atoms with Crippen LogP contribution >= 0.6 is 0 Å². The van der Waals surface area contributed by atoms with Crippen LogP contribution < -0.4 is 5.46 Å². The number of carbonyl (C=O) groups excluding carboxylic acids is 2. The number of nitrogens with zero attached hydrogens (tertiary/aromatic N) is 3. The molecule has 1 saturated heterocycles. The molecule has 2 aromatic rings. The predicted octanol–water partition coefficient (Wildman–Crippen LogP) is -1.05. The molecule has 1 aliphatic rings. The highest BCUT2D eigenvalue weighted by Gasteiger charge is 2.34. The molecule has 0 N–H and O–H groups in total. The number of likely N-dealkylation sites (N-methyl/N-ethyl adjacent to an activating group) is 1. The first-order valence-electron chi connectivity index (χ1n) is 5.91. The van der Waals surface area contributed by atoms with Crippen molar-refractivity contribution in [3.05, 3.63) is 18.2 Å². The van der Waals surface area contributed by atoms with E-state index in [2.05, 4.69) is 14.9 Å². The van der Waals surface area contributed by atoms with Gasteiger partial charge in [-0.25, -0.2) is 4.63 Å². The molecule has 2 heterocycles. The Bertz CT molecular complexity index is 653. The zero-order valence-corrected chi connectivity index (χ0v) is 10.6. The third-order valence-corrected chi connectivity index (χ3v) is 2.82. The maximum absolute atomic E-state index is 11.6. The summed E-state index contributed by atoms with van der Waals surface area (Å²) in [4.78, 5) is 24.8. The van der Waals surface area contributed by atoms with Gasteiger partial charge in [-0.1, -0.05) is 6.07 Å². The highest BCUT2D eigenvalue weighted by atomic mass is 16.6. The zero-order valence-electron chi connectivity index (χ0n) is 10.6. The molecule has 0 unspecified atom stereocenters. The lowest BCUT2D eigenvalue weighted by Gasteiger charge is -2.22. The van der Waals surface area contributed by atoms with E-state index in [0.717, 1.165) is 0 Å². The zero-order chi connectivity index (χ0) is 14.1. The van der Waals surface area contributed by atoms with Crippen molar-refractivity contribution < 1.29 is 23.5 Å². The fourth-order valence-corrected chi connectivity index (χ4v) is 1.92. The number of rotatable bonds is 1. The molecule has 1 fully saturated rings. The van der Waals surface area contributed by atoms with Gasteiger partial charge >= 0.3 is 19.1 Å². The van der Waals surface area contributed by atoms with Gasteiger partial charge in [0.25, 0.3) is 0 Å². The first kappa shape index (κ1) is 12.6. The number of benzene rings is 1. The average molecular weight is 275 g/mol. The molecule has 0 saturated carbocycles. The molecule has 102 valence electrons. The molecule has 3 rings (SSSR count). The van der Waals surface area contributed by atoms with Crippen LogP contribution in [0.15, 0.2) is 22.8 Å². The molecule has 20 heavy (non-hydrogen) atoms. The van der Waals surface area contributed by atoms with Gasteiger partial charge in [0.2, 0.25) is 0 Å². The molecule has 9 heteroatoms. The summed E-state index contributed by atoms with van der Waals surface area (Å²) in [6.45, 7) is 0.0543. The first-order valence-corrected chi connectivity index (χ1v) is 5.91. The van der Waals surface area contributed by atoms with Crippen molar-refractivity contribution in [2.45, 2.75) is 0 Å². The highest BCUT2D eigenvalue weighted by Crippen LogP contribution is 2.08. The Kier molecular flexibility index (Phi) is 3.11. The van der Waals surface area contributed by atoms with Crippen molar-refractivity contribution in [1.82, 2.24) is 15.2 Å². The standard InChI is InChI=1S/C11H10BN3O5/c1-15-5-10(16)18-12(19-11(17)6-15)7-2-3-8-9(4-7)14-20-13-8/h2-4H,5-6H2,1H3. The summed E-state index contributed by atoms with van der Waals surface area (Å²) in [7, 11) is 0.556. The lowest BCUT2D eigenvalue weighted by molar-refractivity contribution is -0.145. The number of carbonyl (C=O) groups is 2. The Morgan fingerprint density at radius 3 is 2.45 bits per heavy atom. The first-order chi connectivity index (χ1) is 9.61. The van der Waals surface area contributed by atoms with E-state index >= 15 is 0 Å². The van der Waals surface area contributed by atoms with Crippen molar-refractivity contribution in [3.8, 4) is 0 Å². The quantitative estimate of drug-likeness (QED) is 0.608. The van der Waals surface area contributed by atoms with Crippen LogP contribution in [-0.4, -0.2) is 54.4 Å². The van der Waals surface area contributed by atoms with Crippen LogP contribution in [0.25, 0.3) is 11.0 Å². The summed E-state index contributed by atoms with van der Waals surface area (Å²) in [5.41, 5.74) is 1.56. The average Bonchev–Trinajstić information content (AvgIpc) is 2.82. The van der Waals surface area contributed by atoms with Crippen LogP contribution in [-0.2, 0) is 18.9 Å². The van der Waals surface area contributed by atoms with Crippen molar-refractivity contribution in [3.63, 3.8) is 0 Å². The van der Waals surface area contributed by atoms with Crippen LogP contribution in [0, 0.1) is 0 Å². The summed E-state index contributed by atoms with van der Waals surface area (Å²) >= 11 is 0. The van der Waals surface area contributed by atoms with Crippen molar-refractivity contribution in [1.29, 1.82) is 0 Å². The molecule has 1 aromatic heterocycles. The fourth-order valence-electron chi connectivity index (χ4n) is 1.92. The highest BCUT2D eigenvalue weighted by molar-refractivity contribution is 6.64. The monoisotopic (exact) mass is 275 g/mol. The molecule has 0 amide bonds. The molecule has 1 aliphatic heterocycles. The summed E-state index contributed by atoms with van der Waals surface area (Å²) in [5.74, 6) is -0.938. The van der Waals surface area contributed by atoms with Gasteiger partial charge in [-0.3, -0.25) is 14.5 Å². The largest absolute Gasteiger partial charge is 0.636 e. The van der Waals surface area contributed by atoms with Crippen LogP contribution in [0.2, 0.25) is 0 Å². The van der Waals surface area contributed by atoms with Crippen molar-refractivity contribution in [2.24, 2.45) is 0 Å². The van der Waals surface area contributed by atoms with E-state index in [1.54, 1.807) is 25.2 Å². The lowest BCUT2D eigenvalue weighted by atomic mass is 9.78. The smallest absolute Gasteiger partial charge is 0.494 e. The Morgan fingerprint density at radius 2 is 1.75 bits per heavy atom. The molecule has 0 spiro atoms. The number of hydrogen-bond donors (Lipinski definition) is 0. The van der Waals surface area contributed by atoms with Crippen molar-refractivity contribution >= 4 is 35.6 Å². The third-order valence-electron chi connectivity index (χ3n) is 2.82. The maximum atomic E-state index is 11.6. The number of fused-ring (bicyclic) bond motifs is 1. The Morgan fingerprint density at radius 1 is 1.10 bits per heavy atom. The number of aromatic nitrogens is 2. The normalized spacial score (nSPS) is 17.6. The van der Waals surface area contributed by atoms with Gasteiger partial charge in [-0.05, 0) is 29.5 Å². The van der Waals surface area contributed by atoms with E-state index < -0.39 is 19.1 Å². The molecule has 8 nitrogen and oxygen atoms in total. The van der Waals surface area contributed by atoms with Crippen LogP contribution in [0.4, 0.5) is 0 Å². The number of hydrogen-bond acceptors (Lipinski definition) is 8. The van der Waals surface area contributed by atoms with Crippen molar-refractivity contribution in [2.75, 3.05) is 20.1 Å². The Labute approximate surface area is 113 Å². The predicted molar refractivity (Wildman–Crippen MR) is 66.9 cm³/mol. The molecule has 0 aliphatic carbocycles.